The first kappa shape index (κ1) is 33.6. The van der Waals surface area contributed by atoms with Crippen molar-refractivity contribution in [1.29, 1.82) is 0 Å². The highest BCUT2D eigenvalue weighted by Crippen LogP contribution is 2.28. The second kappa shape index (κ2) is 17.1. The molecule has 0 amide bonds. The van der Waals surface area contributed by atoms with Crippen LogP contribution in [0.2, 0.25) is 0 Å². The van der Waals surface area contributed by atoms with Crippen LogP contribution in [-0.4, -0.2) is 95.9 Å². The Morgan fingerprint density at radius 3 is 1.65 bits per heavy atom. The molecule has 15 nitrogen and oxygen atoms in total. The van der Waals surface area contributed by atoms with Crippen molar-refractivity contribution >= 4 is 47.6 Å². The molecule has 0 saturated carbocycles. The third-order valence-corrected chi connectivity index (χ3v) is 5.35. The Morgan fingerprint density at radius 1 is 0.730 bits per heavy atom. The maximum atomic E-state index is 12.0. The van der Waals surface area contributed by atoms with Crippen LogP contribution in [-0.2, 0) is 57.2 Å². The maximum Gasteiger partial charge on any atom is 0.315 e. The molecule has 0 bridgehead atoms. The number of hydrogen-bond acceptors (Lipinski definition) is 15. The molecule has 0 unspecified atom stereocenters. The summed E-state index contributed by atoms with van der Waals surface area (Å²) in [6.45, 7) is 4.98. The minimum Gasteiger partial charge on any atom is -0.465 e. The van der Waals surface area contributed by atoms with Crippen molar-refractivity contribution in [3.63, 3.8) is 0 Å². The van der Waals surface area contributed by atoms with Crippen LogP contribution in [0, 0.1) is 10.1 Å². The summed E-state index contributed by atoms with van der Waals surface area (Å²) >= 11 is 0.665. The molecule has 0 aromatic heterocycles. The van der Waals surface area contributed by atoms with Crippen molar-refractivity contribution in [3.8, 4) is 0 Å². The second-order valence-corrected chi connectivity index (χ2v) is 8.57. The van der Waals surface area contributed by atoms with Gasteiger partial charge in [0.2, 0.25) is 6.54 Å². The van der Waals surface area contributed by atoms with E-state index in [4.69, 9.17) is 28.4 Å². The zero-order chi connectivity index (χ0) is 28.7. The van der Waals surface area contributed by atoms with Gasteiger partial charge < -0.3 is 28.4 Å². The van der Waals surface area contributed by atoms with Crippen molar-refractivity contribution in [2.24, 2.45) is 0 Å². The Labute approximate surface area is 216 Å². The molecule has 5 atom stereocenters. The largest absolute Gasteiger partial charge is 0.465 e. The van der Waals surface area contributed by atoms with Crippen LogP contribution in [0.1, 0.15) is 41.5 Å². The van der Waals surface area contributed by atoms with E-state index < -0.39 is 89.3 Å². The molecule has 0 rings (SSSR count). The average Bonchev–Trinajstić information content (AvgIpc) is 2.74. The molecule has 0 saturated heterocycles. The number of carbonyl (C=O) groups is 6. The average molecular weight is 554 g/mol. The maximum absolute atomic E-state index is 12.0. The number of ether oxygens (including phenoxy) is 6. The fourth-order valence-electron chi connectivity index (χ4n) is 2.99. The van der Waals surface area contributed by atoms with E-state index in [2.05, 4.69) is 0 Å². The molecule has 0 aromatic rings. The van der Waals surface area contributed by atoms with Crippen LogP contribution in [0.25, 0.3) is 0 Å². The van der Waals surface area contributed by atoms with Crippen LogP contribution >= 0.6 is 11.8 Å². The van der Waals surface area contributed by atoms with E-state index >= 15 is 0 Å². The van der Waals surface area contributed by atoms with Crippen LogP contribution < -0.4 is 0 Å². The predicted octanol–water partition coefficient (Wildman–Crippen LogP) is 0.218. The van der Waals surface area contributed by atoms with E-state index in [1.807, 2.05) is 0 Å². The first-order valence-corrected chi connectivity index (χ1v) is 11.9. The third kappa shape index (κ3) is 14.7. The number of nitro groups is 1. The lowest BCUT2D eigenvalue weighted by Crippen LogP contribution is -2.56. The van der Waals surface area contributed by atoms with Crippen LogP contribution in [0.3, 0.4) is 0 Å². The van der Waals surface area contributed by atoms with Crippen LogP contribution in [0.5, 0.6) is 0 Å². The summed E-state index contributed by atoms with van der Waals surface area (Å²) < 4.78 is 30.6. The highest BCUT2D eigenvalue weighted by Gasteiger charge is 2.48. The fourth-order valence-corrected chi connectivity index (χ4v) is 4.05. The number of nitrogens with zero attached hydrogens (tertiary/aromatic N) is 1. The molecule has 0 heterocycles. The van der Waals surface area contributed by atoms with Gasteiger partial charge in [0.05, 0.1) is 12.4 Å². The SMILES string of the molecule is CCOC(=O)CS[C@H](C[N+](=O)[O-])[C@@H](OC(C)=O)[C@@H](OC(C)=O)[C@H](OC(C)=O)[C@@H](COC(C)=O)OC(C)=O. The quantitative estimate of drug-likeness (QED) is 0.109. The molecule has 37 heavy (non-hydrogen) atoms. The van der Waals surface area contributed by atoms with Crippen LogP contribution in [0.15, 0.2) is 0 Å². The zero-order valence-electron chi connectivity index (χ0n) is 21.3. The summed E-state index contributed by atoms with van der Waals surface area (Å²) in [4.78, 5) is 81.7. The smallest absolute Gasteiger partial charge is 0.315 e. The van der Waals surface area contributed by atoms with E-state index in [0.717, 1.165) is 34.6 Å². The van der Waals surface area contributed by atoms with Crippen molar-refractivity contribution in [2.45, 2.75) is 71.2 Å². The van der Waals surface area contributed by atoms with Crippen molar-refractivity contribution in [2.75, 3.05) is 25.5 Å². The van der Waals surface area contributed by atoms with Gasteiger partial charge in [-0.2, -0.15) is 0 Å². The molecule has 0 aliphatic heterocycles. The highest BCUT2D eigenvalue weighted by atomic mass is 32.2. The minimum atomic E-state index is -1.80. The lowest BCUT2D eigenvalue weighted by atomic mass is 9.99. The molecule has 0 spiro atoms. The number of esters is 6. The monoisotopic (exact) mass is 553 g/mol. The van der Waals surface area contributed by atoms with Crippen molar-refractivity contribution in [1.82, 2.24) is 0 Å². The minimum absolute atomic E-state index is 0.0392. The summed E-state index contributed by atoms with van der Waals surface area (Å²) in [5, 5.41) is 10.1. The number of rotatable bonds is 16. The van der Waals surface area contributed by atoms with Gasteiger partial charge in [-0.3, -0.25) is 38.9 Å². The molecular formula is C21H31NO14S. The lowest BCUT2D eigenvalue weighted by molar-refractivity contribution is -0.481. The van der Waals surface area contributed by atoms with Gasteiger partial charge in [0.25, 0.3) is 0 Å². The van der Waals surface area contributed by atoms with Gasteiger partial charge in [0.15, 0.2) is 24.4 Å². The van der Waals surface area contributed by atoms with Gasteiger partial charge >= 0.3 is 35.8 Å². The summed E-state index contributed by atoms with van der Waals surface area (Å²) in [7, 11) is 0. The molecule has 210 valence electrons. The highest BCUT2D eigenvalue weighted by molar-refractivity contribution is 8.00. The molecule has 0 aliphatic carbocycles. The number of thioether (sulfide) groups is 1. The van der Waals surface area contributed by atoms with E-state index in [0.29, 0.717) is 11.8 Å². The number of hydrogen-bond donors (Lipinski definition) is 0. The van der Waals surface area contributed by atoms with Gasteiger partial charge in [-0.05, 0) is 6.92 Å². The van der Waals surface area contributed by atoms with E-state index in [1.54, 1.807) is 6.92 Å². The summed E-state index contributed by atoms with van der Waals surface area (Å²) in [5.74, 6) is -5.74. The van der Waals surface area contributed by atoms with Gasteiger partial charge in [0.1, 0.15) is 11.9 Å². The predicted molar refractivity (Wildman–Crippen MR) is 124 cm³/mol. The van der Waals surface area contributed by atoms with Crippen molar-refractivity contribution < 1.29 is 62.1 Å². The fraction of sp³-hybridized carbons (Fsp3) is 0.714. The summed E-state index contributed by atoms with van der Waals surface area (Å²) in [6, 6.07) is 0. The Morgan fingerprint density at radius 2 is 1.22 bits per heavy atom. The molecule has 16 heteroatoms. The molecule has 0 fully saturated rings. The topological polar surface area (TPSA) is 201 Å². The summed E-state index contributed by atoms with van der Waals surface area (Å²) in [6.07, 6.45) is -6.85. The first-order chi connectivity index (χ1) is 17.2. The normalized spacial score (nSPS) is 14.5. The van der Waals surface area contributed by atoms with Gasteiger partial charge in [-0.15, -0.1) is 11.8 Å². The van der Waals surface area contributed by atoms with Crippen molar-refractivity contribution in [3.05, 3.63) is 10.1 Å². The number of carbonyl (C=O) groups excluding carboxylic acids is 6. The van der Waals surface area contributed by atoms with Gasteiger partial charge in [0, 0.05) is 39.5 Å². The Kier molecular flexibility index (Phi) is 15.5. The molecule has 0 radical (unpaired) electrons. The standard InChI is InChI=1S/C21H31NO14S/c1-7-31-18(28)10-37-17(8-22(29)30)20(35-14(5)26)21(36-15(6)27)19(34-13(4)25)16(33-12(3)24)9-32-11(2)23/h16-17,19-21H,7-10H2,1-6H3/t16-,17-,19-,20-,21+/m1/s1. The lowest BCUT2D eigenvalue weighted by Gasteiger charge is -2.37. The van der Waals surface area contributed by atoms with E-state index in [1.165, 1.54) is 0 Å². The summed E-state index contributed by atoms with van der Waals surface area (Å²) in [5.41, 5.74) is 0. The molecule has 0 N–H and O–H groups in total. The van der Waals surface area contributed by atoms with Gasteiger partial charge in [-0.25, -0.2) is 0 Å². The second-order valence-electron chi connectivity index (χ2n) is 7.34. The Bertz CT molecular complexity index is 847. The first-order valence-electron chi connectivity index (χ1n) is 10.9. The van der Waals surface area contributed by atoms with Gasteiger partial charge in [-0.1, -0.05) is 0 Å². The third-order valence-electron chi connectivity index (χ3n) is 4.10. The molecule has 0 aliphatic rings. The molecular weight excluding hydrogens is 522 g/mol. The Balaban J connectivity index is 6.74. The van der Waals surface area contributed by atoms with Crippen LogP contribution in [0.4, 0.5) is 0 Å². The Hall–Kier alpha value is -3.43. The van der Waals surface area contributed by atoms with E-state index in [-0.39, 0.29) is 6.61 Å². The van der Waals surface area contributed by atoms with E-state index in [9.17, 15) is 38.9 Å². The molecule has 0 aromatic carbocycles. The zero-order valence-corrected chi connectivity index (χ0v) is 22.1.